The maximum Gasteiger partial charge on any atom is -0.0222 e. The van der Waals surface area contributed by atoms with E-state index in [2.05, 4.69) is 36.4 Å². The molecule has 1 radical (unpaired) electrons. The molecule has 0 saturated heterocycles. The second-order valence-electron chi connectivity index (χ2n) is 2.55. The van der Waals surface area contributed by atoms with E-state index in [4.69, 9.17) is 0 Å². The second-order valence-corrected chi connectivity index (χ2v) is 2.55. The molecule has 0 heteroatoms. The van der Waals surface area contributed by atoms with Crippen molar-refractivity contribution in [3.63, 3.8) is 0 Å². The van der Waals surface area contributed by atoms with Gasteiger partial charge in [-0.1, -0.05) is 30.3 Å². The number of fused-ring (bicyclic) bond motifs is 1. The van der Waals surface area contributed by atoms with Crippen LogP contribution in [-0.2, 0) is 6.42 Å². The van der Waals surface area contributed by atoms with Crippen LogP contribution >= 0.6 is 0 Å². The molecule has 1 aromatic carbocycles. The highest BCUT2D eigenvalue weighted by Crippen LogP contribution is 2.16. The van der Waals surface area contributed by atoms with Crippen LogP contribution in [0.25, 0.3) is 6.08 Å². The average Bonchev–Trinajstić information content (AvgIpc) is 2.05. The Morgan fingerprint density at radius 3 is 3.00 bits per heavy atom. The number of hydrogen-bond acceptors (Lipinski definition) is 0. The summed E-state index contributed by atoms with van der Waals surface area (Å²) in [5.74, 6) is 0. The van der Waals surface area contributed by atoms with E-state index in [1.807, 2.05) is 0 Å². The third-order valence-corrected chi connectivity index (χ3v) is 1.85. The Morgan fingerprint density at radius 2 is 2.10 bits per heavy atom. The van der Waals surface area contributed by atoms with Crippen LogP contribution in [0.5, 0.6) is 0 Å². The van der Waals surface area contributed by atoms with Crippen LogP contribution in [0.15, 0.2) is 24.3 Å². The van der Waals surface area contributed by atoms with Gasteiger partial charge in [0.25, 0.3) is 0 Å². The van der Waals surface area contributed by atoms with Crippen molar-refractivity contribution in [3.05, 3.63) is 41.5 Å². The topological polar surface area (TPSA) is 0 Å². The molecular formula is C10H9. The first-order valence-corrected chi connectivity index (χ1v) is 3.61. The van der Waals surface area contributed by atoms with Gasteiger partial charge in [-0.3, -0.25) is 0 Å². The minimum atomic E-state index is 1.08. The lowest BCUT2D eigenvalue weighted by molar-refractivity contribution is 0.965. The Kier molecular flexibility index (Phi) is 1.31. The quantitative estimate of drug-likeness (QED) is 0.504. The summed E-state index contributed by atoms with van der Waals surface area (Å²) in [4.78, 5) is 0. The van der Waals surface area contributed by atoms with Crippen molar-refractivity contribution in [2.24, 2.45) is 0 Å². The zero-order valence-corrected chi connectivity index (χ0v) is 5.80. The molecule has 0 unspecified atom stereocenters. The maximum atomic E-state index is 3.22. The molecule has 2 rings (SSSR count). The Labute approximate surface area is 61.2 Å². The van der Waals surface area contributed by atoms with Crippen molar-refractivity contribution >= 4 is 6.08 Å². The monoisotopic (exact) mass is 129 g/mol. The van der Waals surface area contributed by atoms with E-state index in [1.165, 1.54) is 11.1 Å². The first-order chi connectivity index (χ1) is 4.97. The van der Waals surface area contributed by atoms with Gasteiger partial charge < -0.3 is 0 Å². The highest BCUT2D eigenvalue weighted by Gasteiger charge is 2.00. The largest absolute Gasteiger partial charge is 0.0620 e. The Morgan fingerprint density at radius 1 is 1.20 bits per heavy atom. The molecule has 0 saturated carbocycles. The molecule has 0 N–H and O–H groups in total. The van der Waals surface area contributed by atoms with Crippen LogP contribution in [-0.4, -0.2) is 0 Å². The predicted octanol–water partition coefficient (Wildman–Crippen LogP) is 2.45. The van der Waals surface area contributed by atoms with Crippen LogP contribution in [0.3, 0.4) is 0 Å². The van der Waals surface area contributed by atoms with E-state index in [0.717, 1.165) is 12.8 Å². The van der Waals surface area contributed by atoms with Crippen LogP contribution in [0.4, 0.5) is 0 Å². The van der Waals surface area contributed by atoms with Gasteiger partial charge in [-0.25, -0.2) is 0 Å². The normalized spacial score (nSPS) is 14.8. The third-order valence-electron chi connectivity index (χ3n) is 1.85. The first kappa shape index (κ1) is 5.72. The number of aryl methyl sites for hydroxylation is 1. The SMILES string of the molecule is [C]1=Cc2ccccc2CC1. The van der Waals surface area contributed by atoms with E-state index >= 15 is 0 Å². The maximum absolute atomic E-state index is 3.22. The number of benzene rings is 1. The number of rotatable bonds is 0. The molecule has 0 bridgehead atoms. The fraction of sp³-hybridized carbons (Fsp3) is 0.200. The third kappa shape index (κ3) is 0.860. The summed E-state index contributed by atoms with van der Waals surface area (Å²) in [6.45, 7) is 0. The lowest BCUT2D eigenvalue weighted by Crippen LogP contribution is -1.92. The Hall–Kier alpha value is -1.04. The lowest BCUT2D eigenvalue weighted by atomic mass is 9.98. The van der Waals surface area contributed by atoms with Gasteiger partial charge in [-0.15, -0.1) is 0 Å². The van der Waals surface area contributed by atoms with Crippen LogP contribution in [0, 0.1) is 6.08 Å². The predicted molar refractivity (Wildman–Crippen MR) is 42.5 cm³/mol. The zero-order valence-electron chi connectivity index (χ0n) is 5.80. The fourth-order valence-corrected chi connectivity index (χ4v) is 1.29. The van der Waals surface area contributed by atoms with Crippen molar-refractivity contribution in [1.29, 1.82) is 0 Å². The molecule has 10 heavy (non-hydrogen) atoms. The molecule has 0 aliphatic heterocycles. The lowest BCUT2D eigenvalue weighted by Gasteiger charge is -2.07. The van der Waals surface area contributed by atoms with Crippen molar-refractivity contribution in [3.8, 4) is 0 Å². The zero-order chi connectivity index (χ0) is 6.81. The van der Waals surface area contributed by atoms with Crippen LogP contribution in [0.2, 0.25) is 0 Å². The van der Waals surface area contributed by atoms with Gasteiger partial charge in [0, 0.05) is 0 Å². The molecule has 0 nitrogen and oxygen atoms in total. The molecule has 0 spiro atoms. The Balaban J connectivity index is 2.54. The van der Waals surface area contributed by atoms with Gasteiger partial charge in [0.15, 0.2) is 0 Å². The first-order valence-electron chi connectivity index (χ1n) is 3.61. The summed E-state index contributed by atoms with van der Waals surface area (Å²) in [6.07, 6.45) is 7.54. The van der Waals surface area contributed by atoms with Gasteiger partial charge >= 0.3 is 0 Å². The van der Waals surface area contributed by atoms with Gasteiger partial charge in [-0.2, -0.15) is 0 Å². The Bertz CT molecular complexity index is 258. The highest BCUT2D eigenvalue weighted by molar-refractivity contribution is 5.54. The molecule has 0 heterocycles. The second kappa shape index (κ2) is 2.30. The summed E-state index contributed by atoms with van der Waals surface area (Å²) < 4.78 is 0. The fourth-order valence-electron chi connectivity index (χ4n) is 1.29. The minimum Gasteiger partial charge on any atom is -0.0620 e. The van der Waals surface area contributed by atoms with Crippen molar-refractivity contribution < 1.29 is 0 Å². The van der Waals surface area contributed by atoms with E-state index in [9.17, 15) is 0 Å². The number of hydrogen-bond donors (Lipinski definition) is 0. The highest BCUT2D eigenvalue weighted by atomic mass is 14.1. The molecule has 0 atom stereocenters. The van der Waals surface area contributed by atoms with E-state index < -0.39 is 0 Å². The molecule has 0 aromatic heterocycles. The molecule has 1 aliphatic carbocycles. The smallest absolute Gasteiger partial charge is 0.0222 e. The van der Waals surface area contributed by atoms with E-state index in [0.29, 0.717) is 0 Å². The minimum absolute atomic E-state index is 1.08. The van der Waals surface area contributed by atoms with Gasteiger partial charge in [0.2, 0.25) is 0 Å². The average molecular weight is 129 g/mol. The van der Waals surface area contributed by atoms with Gasteiger partial charge in [0.1, 0.15) is 0 Å². The standard InChI is InChI=1S/C10H9/c1-2-6-10-8-4-3-7-9(10)5-1/h1-2,5-6,8H,3,7H2. The molecule has 1 aromatic rings. The molecule has 0 fully saturated rings. The van der Waals surface area contributed by atoms with Gasteiger partial charge in [-0.05, 0) is 30.0 Å². The summed E-state index contributed by atoms with van der Waals surface area (Å²) in [5, 5.41) is 0. The molecule has 1 aliphatic rings. The van der Waals surface area contributed by atoms with Gasteiger partial charge in [0.05, 0.1) is 0 Å². The van der Waals surface area contributed by atoms with Crippen molar-refractivity contribution in [2.75, 3.05) is 0 Å². The van der Waals surface area contributed by atoms with Crippen LogP contribution in [0.1, 0.15) is 17.5 Å². The van der Waals surface area contributed by atoms with Crippen molar-refractivity contribution in [1.82, 2.24) is 0 Å². The molecule has 0 amide bonds. The van der Waals surface area contributed by atoms with E-state index in [1.54, 1.807) is 0 Å². The molecule has 49 valence electrons. The number of allylic oxidation sites excluding steroid dienone is 1. The molecular weight excluding hydrogens is 120 g/mol. The summed E-state index contributed by atoms with van der Waals surface area (Å²) in [5.41, 5.74) is 2.80. The summed E-state index contributed by atoms with van der Waals surface area (Å²) in [6, 6.07) is 8.49. The van der Waals surface area contributed by atoms with E-state index in [-0.39, 0.29) is 0 Å². The van der Waals surface area contributed by atoms with Crippen molar-refractivity contribution in [2.45, 2.75) is 12.8 Å². The summed E-state index contributed by atoms with van der Waals surface area (Å²) >= 11 is 0. The van der Waals surface area contributed by atoms with Crippen LogP contribution < -0.4 is 0 Å². The summed E-state index contributed by atoms with van der Waals surface area (Å²) in [7, 11) is 0.